The SMILES string of the molecule is [C-]#[N+]c1ccc2c(n1)c(N1CCN(C(c3ccc(F)cc3)c3ccc(F)cc3)C(C(=O)OC)C1)c(Cl)c(=O)n2C. The molecule has 1 fully saturated rings. The molecule has 8 nitrogen and oxygen atoms in total. The van der Waals surface area contributed by atoms with Crippen LogP contribution < -0.4 is 10.5 Å². The molecule has 0 spiro atoms. The number of fused-ring (bicyclic) bond motifs is 1. The number of carbonyl (C=O) groups is 1. The lowest BCUT2D eigenvalue weighted by molar-refractivity contribution is -0.148. The Balaban J connectivity index is 1.62. The number of halogens is 3. The van der Waals surface area contributed by atoms with Gasteiger partial charge in [-0.1, -0.05) is 42.4 Å². The number of anilines is 1. The van der Waals surface area contributed by atoms with Crippen LogP contribution in [0.25, 0.3) is 15.9 Å². The first-order chi connectivity index (χ1) is 19.2. The van der Waals surface area contributed by atoms with Crippen molar-refractivity contribution in [2.45, 2.75) is 12.1 Å². The highest BCUT2D eigenvalue weighted by atomic mass is 35.5. The van der Waals surface area contributed by atoms with Gasteiger partial charge in [-0.3, -0.25) is 14.5 Å². The number of ether oxygens (including phenoxy) is 1. The van der Waals surface area contributed by atoms with E-state index in [9.17, 15) is 18.4 Å². The third kappa shape index (κ3) is 4.90. The molecule has 0 aliphatic carbocycles. The van der Waals surface area contributed by atoms with Gasteiger partial charge in [0.15, 0.2) is 0 Å². The Hall–Kier alpha value is -4.33. The highest BCUT2D eigenvalue weighted by molar-refractivity contribution is 6.34. The zero-order valence-corrected chi connectivity index (χ0v) is 22.4. The number of methoxy groups -OCH3 is 1. The summed E-state index contributed by atoms with van der Waals surface area (Å²) in [5, 5.41) is -0.0738. The van der Waals surface area contributed by atoms with E-state index in [0.717, 1.165) is 0 Å². The fourth-order valence-corrected chi connectivity index (χ4v) is 5.56. The molecule has 2 aromatic heterocycles. The van der Waals surface area contributed by atoms with Gasteiger partial charge in [0.05, 0.1) is 18.7 Å². The van der Waals surface area contributed by atoms with Gasteiger partial charge in [0, 0.05) is 26.7 Å². The third-order valence-electron chi connectivity index (χ3n) is 7.17. The molecule has 1 aliphatic rings. The lowest BCUT2D eigenvalue weighted by Crippen LogP contribution is -2.58. The van der Waals surface area contributed by atoms with Gasteiger partial charge >= 0.3 is 5.97 Å². The van der Waals surface area contributed by atoms with Gasteiger partial charge in [0.2, 0.25) is 5.52 Å². The van der Waals surface area contributed by atoms with Crippen LogP contribution in [0.2, 0.25) is 5.02 Å². The summed E-state index contributed by atoms with van der Waals surface area (Å²) in [4.78, 5) is 37.8. The predicted octanol–water partition coefficient (Wildman–Crippen LogP) is 4.87. The van der Waals surface area contributed by atoms with Gasteiger partial charge in [0.1, 0.15) is 28.4 Å². The van der Waals surface area contributed by atoms with Crippen LogP contribution in [-0.4, -0.2) is 53.2 Å². The van der Waals surface area contributed by atoms with Crippen LogP contribution in [-0.2, 0) is 16.6 Å². The predicted molar refractivity (Wildman–Crippen MR) is 148 cm³/mol. The second-order valence-corrected chi connectivity index (χ2v) is 9.78. The fourth-order valence-electron chi connectivity index (χ4n) is 5.22. The number of aromatic nitrogens is 2. The van der Waals surface area contributed by atoms with E-state index in [2.05, 4.69) is 9.83 Å². The molecule has 11 heteroatoms. The molecule has 5 rings (SSSR count). The minimum atomic E-state index is -0.849. The largest absolute Gasteiger partial charge is 0.468 e. The number of benzene rings is 2. The Labute approximate surface area is 233 Å². The maximum Gasteiger partial charge on any atom is 0.324 e. The van der Waals surface area contributed by atoms with E-state index in [1.54, 1.807) is 42.3 Å². The number of aryl methyl sites for hydroxylation is 1. The van der Waals surface area contributed by atoms with Gasteiger partial charge in [-0.15, -0.1) is 4.98 Å². The van der Waals surface area contributed by atoms with Gasteiger partial charge in [-0.05, 0) is 47.5 Å². The Kier molecular flexibility index (Phi) is 7.52. The highest BCUT2D eigenvalue weighted by Crippen LogP contribution is 2.37. The number of pyridine rings is 2. The summed E-state index contributed by atoms with van der Waals surface area (Å²) in [7, 11) is 2.86. The van der Waals surface area contributed by atoms with E-state index < -0.39 is 35.2 Å². The molecular weight excluding hydrogens is 540 g/mol. The number of hydrogen-bond acceptors (Lipinski definition) is 6. The van der Waals surface area contributed by atoms with E-state index in [0.29, 0.717) is 40.9 Å². The van der Waals surface area contributed by atoms with Crippen molar-refractivity contribution in [1.82, 2.24) is 14.5 Å². The summed E-state index contributed by atoms with van der Waals surface area (Å²) in [6, 6.07) is 13.6. The number of hydrogen-bond donors (Lipinski definition) is 0. The summed E-state index contributed by atoms with van der Waals surface area (Å²) in [6.45, 7) is 8.11. The Bertz CT molecular complexity index is 1640. The molecule has 0 amide bonds. The van der Waals surface area contributed by atoms with Crippen molar-refractivity contribution in [3.05, 3.63) is 110 Å². The normalized spacial score (nSPS) is 15.8. The van der Waals surface area contributed by atoms with Crippen LogP contribution in [0.1, 0.15) is 17.2 Å². The molecular formula is C29H24ClF2N5O3. The van der Waals surface area contributed by atoms with Gasteiger partial charge < -0.3 is 19.0 Å². The van der Waals surface area contributed by atoms with E-state index in [1.807, 2.05) is 4.90 Å². The standard InChI is InChI=1S/C29H24ClF2N5O3/c1-33-23-13-12-21-25(34-23)27(24(30)28(38)35(21)2)36-14-15-37(22(16-36)29(39)40-3)26(17-4-8-19(31)9-5-17)18-6-10-20(32)11-7-18/h4-13,22,26H,14-16H2,2-3H3. The van der Waals surface area contributed by atoms with Crippen LogP contribution in [0.15, 0.2) is 65.5 Å². The molecule has 1 atom stereocenters. The molecule has 40 heavy (non-hydrogen) atoms. The number of rotatable bonds is 5. The van der Waals surface area contributed by atoms with Crippen LogP contribution in [0.3, 0.4) is 0 Å². The average molecular weight is 564 g/mol. The third-order valence-corrected chi connectivity index (χ3v) is 7.51. The van der Waals surface area contributed by atoms with Crippen molar-refractivity contribution in [2.24, 2.45) is 7.05 Å². The number of esters is 1. The van der Waals surface area contributed by atoms with Crippen LogP contribution >= 0.6 is 11.6 Å². The molecule has 0 N–H and O–H groups in total. The van der Waals surface area contributed by atoms with Crippen molar-refractivity contribution in [3.63, 3.8) is 0 Å². The Morgan fingerprint density at radius 2 is 1.65 bits per heavy atom. The zero-order chi connectivity index (χ0) is 28.6. The van der Waals surface area contributed by atoms with Gasteiger partial charge in [-0.25, -0.2) is 8.78 Å². The van der Waals surface area contributed by atoms with Gasteiger partial charge in [-0.2, -0.15) is 0 Å². The first-order valence-corrected chi connectivity index (χ1v) is 12.8. The topological polar surface area (TPSA) is 72.0 Å². The molecule has 3 heterocycles. The van der Waals surface area contributed by atoms with Gasteiger partial charge in [0.25, 0.3) is 11.4 Å². The second kappa shape index (κ2) is 11.0. The highest BCUT2D eigenvalue weighted by Gasteiger charge is 2.40. The van der Waals surface area contributed by atoms with E-state index in [1.165, 1.54) is 42.0 Å². The van der Waals surface area contributed by atoms with E-state index in [-0.39, 0.29) is 17.4 Å². The lowest BCUT2D eigenvalue weighted by Gasteiger charge is -2.45. The lowest BCUT2D eigenvalue weighted by atomic mass is 9.94. The Morgan fingerprint density at radius 1 is 1.05 bits per heavy atom. The van der Waals surface area contributed by atoms with Crippen molar-refractivity contribution in [1.29, 1.82) is 0 Å². The number of piperazine rings is 1. The average Bonchev–Trinajstić information content (AvgIpc) is 2.98. The molecule has 1 unspecified atom stereocenters. The second-order valence-electron chi connectivity index (χ2n) is 9.40. The van der Waals surface area contributed by atoms with Crippen molar-refractivity contribution in [2.75, 3.05) is 31.6 Å². The fraction of sp³-hybridized carbons (Fsp3) is 0.241. The molecule has 4 aromatic rings. The zero-order valence-electron chi connectivity index (χ0n) is 21.6. The summed E-state index contributed by atoms with van der Waals surface area (Å²) < 4.78 is 34.2. The van der Waals surface area contributed by atoms with E-state index >= 15 is 0 Å². The summed E-state index contributed by atoms with van der Waals surface area (Å²) in [5.74, 6) is -1.21. The van der Waals surface area contributed by atoms with E-state index in [4.69, 9.17) is 22.9 Å². The smallest absolute Gasteiger partial charge is 0.324 e. The Morgan fingerprint density at radius 3 is 2.20 bits per heavy atom. The van der Waals surface area contributed by atoms with Crippen molar-refractivity contribution in [3.8, 4) is 0 Å². The molecule has 2 aromatic carbocycles. The molecule has 0 radical (unpaired) electrons. The van der Waals surface area contributed by atoms with Crippen LogP contribution in [0.4, 0.5) is 20.3 Å². The van der Waals surface area contributed by atoms with Crippen molar-refractivity contribution >= 4 is 40.1 Å². The van der Waals surface area contributed by atoms with Crippen molar-refractivity contribution < 1.29 is 18.3 Å². The first kappa shape index (κ1) is 27.2. The molecule has 0 saturated carbocycles. The minimum absolute atomic E-state index is 0.0738. The maximum atomic E-state index is 13.8. The summed E-state index contributed by atoms with van der Waals surface area (Å²) >= 11 is 6.59. The summed E-state index contributed by atoms with van der Waals surface area (Å²) in [6.07, 6.45) is 0. The van der Waals surface area contributed by atoms with Crippen LogP contribution in [0, 0.1) is 18.2 Å². The molecule has 1 saturated heterocycles. The molecule has 204 valence electrons. The molecule has 1 aliphatic heterocycles. The first-order valence-electron chi connectivity index (χ1n) is 12.4. The minimum Gasteiger partial charge on any atom is -0.468 e. The monoisotopic (exact) mass is 563 g/mol. The number of carbonyl (C=O) groups excluding carboxylic acids is 1. The molecule has 0 bridgehead atoms. The van der Waals surface area contributed by atoms with Crippen LogP contribution in [0.5, 0.6) is 0 Å². The quantitative estimate of drug-likeness (QED) is 0.255. The maximum absolute atomic E-state index is 13.8. The number of nitrogens with zero attached hydrogens (tertiary/aromatic N) is 5. The summed E-state index contributed by atoms with van der Waals surface area (Å²) in [5.41, 5.74) is 2.16.